The van der Waals surface area contributed by atoms with Crippen LogP contribution in [0.25, 0.3) is 0 Å². The van der Waals surface area contributed by atoms with Crippen molar-refractivity contribution in [2.75, 3.05) is 0 Å². The van der Waals surface area contributed by atoms with Crippen LogP contribution in [0.5, 0.6) is 0 Å². The topological polar surface area (TPSA) is 80.3 Å². The number of hydrogen-bond acceptors (Lipinski definition) is 4. The molecule has 0 aromatic carbocycles. The number of carboxylic acid groups (broad SMARTS) is 2. The van der Waals surface area contributed by atoms with Crippen LogP contribution in [-0.4, -0.2) is 72.7 Å². The van der Waals surface area contributed by atoms with Gasteiger partial charge in [-0.2, -0.15) is 0 Å². The molecule has 0 atom stereocenters. The fourth-order valence-electron chi connectivity index (χ4n) is 0. The summed E-state index contributed by atoms with van der Waals surface area (Å²) in [7, 11) is 0. The third-order valence-electron chi connectivity index (χ3n) is 0. The fourth-order valence-corrected chi connectivity index (χ4v) is 0. The minimum absolute atomic E-state index is 0. The van der Waals surface area contributed by atoms with Crippen molar-refractivity contribution in [2.24, 2.45) is 0 Å². The Bertz CT molecular complexity index is 75.3. The number of rotatable bonds is 0. The summed E-state index contributed by atoms with van der Waals surface area (Å²) >= 11 is 0. The maximum atomic E-state index is 8.89. The van der Waals surface area contributed by atoms with E-state index < -0.39 is 11.9 Å². The summed E-state index contributed by atoms with van der Waals surface area (Å²) in [5.41, 5.74) is 0. The van der Waals surface area contributed by atoms with Crippen molar-refractivity contribution in [2.45, 2.75) is 13.8 Å². The van der Waals surface area contributed by atoms with E-state index in [0.717, 1.165) is 13.8 Å². The molecule has 0 aliphatic rings. The van der Waals surface area contributed by atoms with Crippen LogP contribution in [-0.2, 0) is 9.59 Å². The first-order valence-electron chi connectivity index (χ1n) is 1.82. The second-order valence-corrected chi connectivity index (χ2v) is 0.983. The molecule has 4 nitrogen and oxygen atoms in total. The van der Waals surface area contributed by atoms with Gasteiger partial charge in [-0.1, -0.05) is 0 Å². The monoisotopic (exact) mass is 182 g/mol. The van der Waals surface area contributed by atoms with Crippen LogP contribution in [0.15, 0.2) is 0 Å². The van der Waals surface area contributed by atoms with Crippen LogP contribution < -0.4 is 10.2 Å². The van der Waals surface area contributed by atoms with Gasteiger partial charge in [0.2, 0.25) is 0 Å². The summed E-state index contributed by atoms with van der Waals surface area (Å²) in [5.74, 6) is -2.17. The quantitative estimate of drug-likeness (QED) is 0.369. The largest absolute Gasteiger partial charge is 2.00 e. The van der Waals surface area contributed by atoms with E-state index in [1.165, 1.54) is 0 Å². The fraction of sp³-hybridized carbons (Fsp3) is 0.500. The third-order valence-corrected chi connectivity index (χ3v) is 0. The molecule has 0 fully saturated rings. The summed E-state index contributed by atoms with van der Waals surface area (Å²) in [5, 5.41) is 17.8. The van der Waals surface area contributed by atoms with Crippen molar-refractivity contribution < 1.29 is 19.8 Å². The number of carboxylic acids is 2. The van der Waals surface area contributed by atoms with E-state index in [4.69, 9.17) is 19.8 Å². The molecule has 0 aromatic heterocycles. The molecule has 0 unspecified atom stereocenters. The molecule has 0 heterocycles. The zero-order valence-corrected chi connectivity index (χ0v) is 9.67. The Kier molecular flexibility index (Phi) is 37.1. The predicted molar refractivity (Wildman–Crippen MR) is 32.9 cm³/mol. The smallest absolute Gasteiger partial charge is 0.550 e. The molecule has 6 heteroatoms. The summed E-state index contributed by atoms with van der Waals surface area (Å²) in [6.45, 7) is 1.94. The van der Waals surface area contributed by atoms with Crippen molar-refractivity contribution in [3.8, 4) is 0 Å². The SMILES string of the molecule is CC(=O)[O-].CC(=O)[O-].[Ca+2].[Mg+2]. The maximum Gasteiger partial charge on any atom is 2.00 e. The molecule has 0 saturated carbocycles. The van der Waals surface area contributed by atoms with Gasteiger partial charge in [0.1, 0.15) is 0 Å². The molecular weight excluding hydrogens is 176 g/mol. The van der Waals surface area contributed by atoms with Gasteiger partial charge in [0.05, 0.1) is 0 Å². The minimum Gasteiger partial charge on any atom is -0.550 e. The first kappa shape index (κ1) is 22.4. The standard InChI is InChI=1S/2C2H4O2.Ca.Mg/c2*1-2(3)4;;/h2*1H3,(H,3,4);;/q;;2*+2/p-2. The molecule has 0 aliphatic carbocycles. The van der Waals surface area contributed by atoms with Crippen molar-refractivity contribution in [1.29, 1.82) is 0 Å². The predicted octanol–water partition coefficient (Wildman–Crippen LogP) is -3.25. The molecule has 0 amide bonds. The van der Waals surface area contributed by atoms with E-state index >= 15 is 0 Å². The molecule has 0 spiro atoms. The average molecular weight is 182 g/mol. The van der Waals surface area contributed by atoms with Gasteiger partial charge in [0.25, 0.3) is 0 Å². The van der Waals surface area contributed by atoms with E-state index in [-0.39, 0.29) is 60.8 Å². The van der Waals surface area contributed by atoms with E-state index in [1.807, 2.05) is 0 Å². The molecule has 0 rings (SSSR count). The summed E-state index contributed by atoms with van der Waals surface area (Å²) in [6, 6.07) is 0. The van der Waals surface area contributed by atoms with Crippen molar-refractivity contribution >= 4 is 72.7 Å². The van der Waals surface area contributed by atoms with Crippen LogP contribution in [0.2, 0.25) is 0 Å². The molecular formula is C4H6CaMgO4+2. The molecule has 0 bridgehead atoms. The van der Waals surface area contributed by atoms with Crippen LogP contribution >= 0.6 is 0 Å². The van der Waals surface area contributed by atoms with Gasteiger partial charge in [-0.3, -0.25) is 0 Å². The maximum absolute atomic E-state index is 8.89. The van der Waals surface area contributed by atoms with Crippen LogP contribution in [0, 0.1) is 0 Å². The number of carbonyl (C=O) groups is 2. The van der Waals surface area contributed by atoms with Gasteiger partial charge in [-0.15, -0.1) is 0 Å². The Balaban J connectivity index is -0.0000000300. The Labute approximate surface area is 105 Å². The molecule has 48 valence electrons. The van der Waals surface area contributed by atoms with Crippen LogP contribution in [0.4, 0.5) is 0 Å². The normalized spacial score (nSPS) is 5.00. The zero-order valence-electron chi connectivity index (χ0n) is 6.05. The number of hydrogen-bond donors (Lipinski definition) is 0. The summed E-state index contributed by atoms with van der Waals surface area (Å²) < 4.78 is 0. The summed E-state index contributed by atoms with van der Waals surface area (Å²) in [4.78, 5) is 17.8. The zero-order chi connectivity index (χ0) is 7.15. The van der Waals surface area contributed by atoms with Crippen molar-refractivity contribution in [1.82, 2.24) is 0 Å². The van der Waals surface area contributed by atoms with Gasteiger partial charge in [0.15, 0.2) is 0 Å². The molecule has 0 aliphatic heterocycles. The Hall–Kier alpha value is 0.966. The number of carbonyl (C=O) groups excluding carboxylic acids is 2. The first-order valence-corrected chi connectivity index (χ1v) is 1.82. The van der Waals surface area contributed by atoms with Gasteiger partial charge in [0, 0.05) is 11.9 Å². The van der Waals surface area contributed by atoms with E-state index in [9.17, 15) is 0 Å². The molecule has 0 radical (unpaired) electrons. The summed E-state index contributed by atoms with van der Waals surface area (Å²) in [6.07, 6.45) is 0. The van der Waals surface area contributed by atoms with E-state index in [0.29, 0.717) is 0 Å². The van der Waals surface area contributed by atoms with Gasteiger partial charge in [-0.05, 0) is 13.8 Å². The van der Waals surface area contributed by atoms with Crippen molar-refractivity contribution in [3.63, 3.8) is 0 Å². The second kappa shape index (κ2) is 16.5. The van der Waals surface area contributed by atoms with Gasteiger partial charge >= 0.3 is 60.8 Å². The van der Waals surface area contributed by atoms with Crippen LogP contribution in [0.3, 0.4) is 0 Å². The first-order chi connectivity index (χ1) is 3.46. The molecule has 0 aromatic rings. The Morgan fingerprint density at radius 2 is 1.00 bits per heavy atom. The van der Waals surface area contributed by atoms with Gasteiger partial charge in [-0.25, -0.2) is 0 Å². The third kappa shape index (κ3) is 610. The van der Waals surface area contributed by atoms with E-state index in [2.05, 4.69) is 0 Å². The average Bonchev–Trinajstić information content (AvgIpc) is 1.25. The van der Waals surface area contributed by atoms with Crippen LogP contribution in [0.1, 0.15) is 13.8 Å². The Morgan fingerprint density at radius 3 is 1.00 bits per heavy atom. The van der Waals surface area contributed by atoms with Crippen molar-refractivity contribution in [3.05, 3.63) is 0 Å². The van der Waals surface area contributed by atoms with E-state index in [1.54, 1.807) is 0 Å². The minimum atomic E-state index is -1.08. The molecule has 0 saturated heterocycles. The second-order valence-electron chi connectivity index (χ2n) is 0.983. The number of aliphatic carboxylic acids is 2. The Morgan fingerprint density at radius 1 is 1.00 bits per heavy atom. The van der Waals surface area contributed by atoms with Gasteiger partial charge < -0.3 is 19.8 Å². The molecule has 10 heavy (non-hydrogen) atoms. The molecule has 0 N–H and O–H groups in total.